The molecule has 2 heterocycles. The number of aliphatic hydroxyl groups excluding tert-OH is 1. The standard InChI is InChI=1S/C11H14BrNO2S/c12-8-5-10(16-7-8)1-2-11(15)13-4-3-9(14)6-13/h5,7,9,14H,1-4,6H2/t9-/m1/s1. The third-order valence-corrected chi connectivity index (χ3v) is 4.48. The van der Waals surface area contributed by atoms with Crippen LogP contribution >= 0.6 is 27.3 Å². The topological polar surface area (TPSA) is 40.5 Å². The molecule has 1 aliphatic heterocycles. The minimum atomic E-state index is -0.320. The maximum atomic E-state index is 11.8. The quantitative estimate of drug-likeness (QED) is 0.928. The lowest BCUT2D eigenvalue weighted by Gasteiger charge is -2.14. The van der Waals surface area contributed by atoms with Crippen LogP contribution in [0.25, 0.3) is 0 Å². The van der Waals surface area contributed by atoms with Gasteiger partial charge in [-0.15, -0.1) is 11.3 Å². The van der Waals surface area contributed by atoms with Crippen LogP contribution in [0.4, 0.5) is 0 Å². The van der Waals surface area contributed by atoms with Gasteiger partial charge in [0.15, 0.2) is 0 Å². The molecule has 1 aliphatic rings. The Morgan fingerprint density at radius 3 is 3.06 bits per heavy atom. The van der Waals surface area contributed by atoms with Gasteiger partial charge in [0.25, 0.3) is 0 Å². The van der Waals surface area contributed by atoms with Crippen LogP contribution in [0.15, 0.2) is 15.9 Å². The van der Waals surface area contributed by atoms with E-state index in [-0.39, 0.29) is 12.0 Å². The van der Waals surface area contributed by atoms with Crippen LogP contribution in [0, 0.1) is 0 Å². The van der Waals surface area contributed by atoms with Crippen LogP contribution in [0.5, 0.6) is 0 Å². The van der Waals surface area contributed by atoms with Crippen LogP contribution in [0.3, 0.4) is 0 Å². The summed E-state index contributed by atoms with van der Waals surface area (Å²) in [6.45, 7) is 1.21. The minimum absolute atomic E-state index is 0.154. The van der Waals surface area contributed by atoms with Crippen LogP contribution < -0.4 is 0 Å². The number of carbonyl (C=O) groups excluding carboxylic acids is 1. The first kappa shape index (κ1) is 12.1. The second-order valence-electron chi connectivity index (χ2n) is 4.01. The average molecular weight is 304 g/mol. The molecule has 1 saturated heterocycles. The lowest BCUT2D eigenvalue weighted by molar-refractivity contribution is -0.130. The van der Waals surface area contributed by atoms with E-state index in [2.05, 4.69) is 22.0 Å². The summed E-state index contributed by atoms with van der Waals surface area (Å²) in [5.41, 5.74) is 0. The Bertz CT molecular complexity index is 380. The highest BCUT2D eigenvalue weighted by atomic mass is 79.9. The van der Waals surface area contributed by atoms with E-state index >= 15 is 0 Å². The second-order valence-corrected chi connectivity index (χ2v) is 5.92. The molecule has 0 spiro atoms. The maximum Gasteiger partial charge on any atom is 0.223 e. The number of carbonyl (C=O) groups is 1. The molecular weight excluding hydrogens is 290 g/mol. The molecule has 0 unspecified atom stereocenters. The van der Waals surface area contributed by atoms with Crippen molar-refractivity contribution < 1.29 is 9.90 Å². The average Bonchev–Trinajstić information content (AvgIpc) is 2.84. The van der Waals surface area contributed by atoms with Crippen molar-refractivity contribution in [3.8, 4) is 0 Å². The molecule has 1 fully saturated rings. The van der Waals surface area contributed by atoms with Crippen LogP contribution in [0.1, 0.15) is 17.7 Å². The van der Waals surface area contributed by atoms with Gasteiger partial charge in [0.1, 0.15) is 0 Å². The van der Waals surface area contributed by atoms with E-state index in [1.54, 1.807) is 16.2 Å². The van der Waals surface area contributed by atoms with Gasteiger partial charge in [0.05, 0.1) is 6.10 Å². The minimum Gasteiger partial charge on any atom is -0.391 e. The van der Waals surface area contributed by atoms with Gasteiger partial charge in [-0.3, -0.25) is 4.79 Å². The highest BCUT2D eigenvalue weighted by molar-refractivity contribution is 9.10. The lowest BCUT2D eigenvalue weighted by Crippen LogP contribution is -2.29. The molecule has 16 heavy (non-hydrogen) atoms. The van der Waals surface area contributed by atoms with Crippen molar-refractivity contribution in [2.45, 2.75) is 25.4 Å². The zero-order chi connectivity index (χ0) is 11.5. The summed E-state index contributed by atoms with van der Waals surface area (Å²) < 4.78 is 1.08. The molecule has 1 aromatic rings. The van der Waals surface area contributed by atoms with Gasteiger partial charge in [0.2, 0.25) is 5.91 Å². The van der Waals surface area contributed by atoms with E-state index in [0.717, 1.165) is 17.3 Å². The van der Waals surface area contributed by atoms with Gasteiger partial charge in [-0.1, -0.05) is 0 Å². The Hall–Kier alpha value is -0.390. The Kier molecular flexibility index (Phi) is 4.00. The second kappa shape index (κ2) is 5.29. The molecule has 3 nitrogen and oxygen atoms in total. The third-order valence-electron chi connectivity index (χ3n) is 2.72. The van der Waals surface area contributed by atoms with Gasteiger partial charge in [-0.2, -0.15) is 0 Å². The summed E-state index contributed by atoms with van der Waals surface area (Å²) in [6, 6.07) is 2.05. The molecule has 2 rings (SSSR count). The molecule has 88 valence electrons. The largest absolute Gasteiger partial charge is 0.391 e. The highest BCUT2D eigenvalue weighted by Gasteiger charge is 2.23. The van der Waals surface area contributed by atoms with Gasteiger partial charge in [0, 0.05) is 34.2 Å². The van der Waals surface area contributed by atoms with Crippen LogP contribution in [0.2, 0.25) is 0 Å². The third kappa shape index (κ3) is 3.06. The molecule has 0 aromatic carbocycles. The Labute approximate surface area is 107 Å². The molecule has 1 N–H and O–H groups in total. The SMILES string of the molecule is O=C(CCc1cc(Br)cs1)N1CC[C@@H](O)C1. The predicted octanol–water partition coefficient (Wildman–Crippen LogP) is 2.04. The molecule has 1 aromatic heterocycles. The normalized spacial score (nSPS) is 20.4. The highest BCUT2D eigenvalue weighted by Crippen LogP contribution is 2.21. The molecule has 0 aliphatic carbocycles. The van der Waals surface area contributed by atoms with Crippen molar-refractivity contribution >= 4 is 33.2 Å². The zero-order valence-electron chi connectivity index (χ0n) is 8.86. The molecule has 0 radical (unpaired) electrons. The fourth-order valence-corrected chi connectivity index (χ4v) is 3.30. The van der Waals surface area contributed by atoms with E-state index in [1.807, 2.05) is 5.38 Å². The number of likely N-dealkylation sites (tertiary alicyclic amines) is 1. The maximum absolute atomic E-state index is 11.8. The van der Waals surface area contributed by atoms with Gasteiger partial charge < -0.3 is 10.0 Å². The number of hydrogen-bond acceptors (Lipinski definition) is 3. The Morgan fingerprint density at radius 2 is 2.50 bits per heavy atom. The summed E-state index contributed by atoms with van der Waals surface area (Å²) in [5, 5.41) is 11.4. The number of rotatable bonds is 3. The first-order valence-corrected chi connectivity index (χ1v) is 7.01. The summed E-state index contributed by atoms with van der Waals surface area (Å²) in [4.78, 5) is 14.8. The van der Waals surface area contributed by atoms with Crippen molar-refractivity contribution in [3.05, 3.63) is 20.8 Å². The fraction of sp³-hybridized carbons (Fsp3) is 0.545. The number of β-amino-alcohol motifs (C(OH)–C–C–N with tert-alkyl or cyclic N) is 1. The number of aliphatic hydroxyl groups is 1. The van der Waals surface area contributed by atoms with Crippen molar-refractivity contribution in [1.29, 1.82) is 0 Å². The predicted molar refractivity (Wildman–Crippen MR) is 67.5 cm³/mol. The van der Waals surface area contributed by atoms with Crippen LogP contribution in [-0.2, 0) is 11.2 Å². The van der Waals surface area contributed by atoms with Crippen molar-refractivity contribution in [3.63, 3.8) is 0 Å². The molecule has 1 amide bonds. The van der Waals surface area contributed by atoms with E-state index in [1.165, 1.54) is 4.88 Å². The number of aryl methyl sites for hydroxylation is 1. The zero-order valence-corrected chi connectivity index (χ0v) is 11.3. The lowest BCUT2D eigenvalue weighted by atomic mass is 10.2. The number of nitrogens with zero attached hydrogens (tertiary/aromatic N) is 1. The van der Waals surface area contributed by atoms with Gasteiger partial charge in [-0.05, 0) is 34.8 Å². The monoisotopic (exact) mass is 303 g/mol. The summed E-state index contributed by atoms with van der Waals surface area (Å²) >= 11 is 5.06. The molecule has 5 heteroatoms. The van der Waals surface area contributed by atoms with Gasteiger partial charge in [-0.25, -0.2) is 0 Å². The molecular formula is C11H14BrNO2S. The molecule has 0 saturated carbocycles. The molecule has 0 bridgehead atoms. The van der Waals surface area contributed by atoms with E-state index < -0.39 is 0 Å². The van der Waals surface area contributed by atoms with Crippen molar-refractivity contribution in [2.24, 2.45) is 0 Å². The Balaban J connectivity index is 1.80. The van der Waals surface area contributed by atoms with E-state index in [0.29, 0.717) is 19.5 Å². The number of halogens is 1. The van der Waals surface area contributed by atoms with Crippen LogP contribution in [-0.4, -0.2) is 35.1 Å². The van der Waals surface area contributed by atoms with Crippen molar-refractivity contribution in [1.82, 2.24) is 4.90 Å². The van der Waals surface area contributed by atoms with E-state index in [9.17, 15) is 9.90 Å². The number of hydrogen-bond donors (Lipinski definition) is 1. The molecule has 1 atom stereocenters. The first-order chi connectivity index (χ1) is 7.65. The summed E-state index contributed by atoms with van der Waals surface area (Å²) in [6.07, 6.45) is 1.73. The first-order valence-electron chi connectivity index (χ1n) is 5.34. The van der Waals surface area contributed by atoms with Gasteiger partial charge >= 0.3 is 0 Å². The smallest absolute Gasteiger partial charge is 0.223 e. The fourth-order valence-electron chi connectivity index (χ4n) is 1.84. The summed E-state index contributed by atoms with van der Waals surface area (Å²) in [7, 11) is 0. The number of thiophene rings is 1. The summed E-state index contributed by atoms with van der Waals surface area (Å²) in [5.74, 6) is 0.154. The van der Waals surface area contributed by atoms with Crippen molar-refractivity contribution in [2.75, 3.05) is 13.1 Å². The van der Waals surface area contributed by atoms with E-state index in [4.69, 9.17) is 0 Å². The Morgan fingerprint density at radius 1 is 1.69 bits per heavy atom. The number of amides is 1.